The first-order valence-corrected chi connectivity index (χ1v) is 9.09. The van der Waals surface area contributed by atoms with E-state index in [1.54, 1.807) is 0 Å². The Morgan fingerprint density at radius 3 is 2.90 bits per heavy atom. The van der Waals surface area contributed by atoms with Gasteiger partial charge in [-0.25, -0.2) is 0 Å². The number of hydrogen-bond acceptors (Lipinski definition) is 2. The van der Waals surface area contributed by atoms with Crippen LogP contribution in [0.3, 0.4) is 0 Å². The van der Waals surface area contributed by atoms with E-state index < -0.39 is 0 Å². The Labute approximate surface area is 138 Å². The van der Waals surface area contributed by atoms with Crippen molar-refractivity contribution >= 4 is 31.9 Å². The molecule has 2 nitrogen and oxygen atoms in total. The summed E-state index contributed by atoms with van der Waals surface area (Å²) in [5, 5.41) is 3.67. The second-order valence-corrected chi connectivity index (χ2v) is 7.15. The molecule has 1 aliphatic heterocycles. The maximum absolute atomic E-state index is 5.75. The molecule has 112 valence electrons. The van der Waals surface area contributed by atoms with E-state index in [1.807, 2.05) is 0 Å². The van der Waals surface area contributed by atoms with E-state index in [9.17, 15) is 0 Å². The molecule has 0 radical (unpaired) electrons. The van der Waals surface area contributed by atoms with Gasteiger partial charge in [0.15, 0.2) is 0 Å². The molecule has 2 unspecified atom stereocenters. The summed E-state index contributed by atoms with van der Waals surface area (Å²) in [5.41, 5.74) is 1.35. The van der Waals surface area contributed by atoms with Crippen LogP contribution < -0.4 is 5.32 Å². The summed E-state index contributed by atoms with van der Waals surface area (Å²) in [6.07, 6.45) is 6.34. The Bertz CT molecular complexity index is 419. The molecule has 2 atom stereocenters. The van der Waals surface area contributed by atoms with Crippen molar-refractivity contribution in [1.82, 2.24) is 5.32 Å². The number of hydrogen-bond donors (Lipinski definition) is 1. The number of halogens is 2. The normalized spacial score (nSPS) is 20.2. The summed E-state index contributed by atoms with van der Waals surface area (Å²) in [5.74, 6) is 0. The molecule has 0 spiro atoms. The zero-order chi connectivity index (χ0) is 14.4. The van der Waals surface area contributed by atoms with Crippen LogP contribution in [-0.4, -0.2) is 19.3 Å². The largest absolute Gasteiger partial charge is 0.378 e. The van der Waals surface area contributed by atoms with Crippen LogP contribution in [0.15, 0.2) is 27.1 Å². The van der Waals surface area contributed by atoms with Crippen molar-refractivity contribution in [3.05, 3.63) is 32.7 Å². The lowest BCUT2D eigenvalue weighted by Crippen LogP contribution is -2.24. The van der Waals surface area contributed by atoms with Crippen LogP contribution in [0.25, 0.3) is 0 Å². The fourth-order valence-electron chi connectivity index (χ4n) is 2.69. The molecule has 4 heteroatoms. The minimum Gasteiger partial charge on any atom is -0.378 e. The van der Waals surface area contributed by atoms with Gasteiger partial charge in [-0.3, -0.25) is 0 Å². The average molecular weight is 405 g/mol. The van der Waals surface area contributed by atoms with Gasteiger partial charge in [-0.15, -0.1) is 0 Å². The van der Waals surface area contributed by atoms with Crippen molar-refractivity contribution in [1.29, 1.82) is 0 Å². The summed E-state index contributed by atoms with van der Waals surface area (Å²) in [6, 6.07) is 6.85. The van der Waals surface area contributed by atoms with Gasteiger partial charge in [-0.05, 0) is 56.3 Å². The monoisotopic (exact) mass is 403 g/mol. The lowest BCUT2D eigenvalue weighted by Gasteiger charge is -2.22. The van der Waals surface area contributed by atoms with E-state index in [1.165, 1.54) is 22.9 Å². The predicted molar refractivity (Wildman–Crippen MR) is 91.1 cm³/mol. The van der Waals surface area contributed by atoms with Crippen LogP contribution in [0.5, 0.6) is 0 Å². The SMILES string of the molecule is CCCNC(CCC1CCCO1)c1ccc(Br)cc1Br. The highest BCUT2D eigenvalue weighted by molar-refractivity contribution is 9.11. The molecule has 1 saturated heterocycles. The van der Waals surface area contributed by atoms with Gasteiger partial charge in [0.2, 0.25) is 0 Å². The van der Waals surface area contributed by atoms with E-state index in [2.05, 4.69) is 62.3 Å². The molecule has 1 aromatic carbocycles. The molecule has 0 saturated carbocycles. The number of benzene rings is 1. The molecule has 0 amide bonds. The molecular formula is C16H23Br2NO. The second-order valence-electron chi connectivity index (χ2n) is 5.38. The number of nitrogens with one attached hydrogen (secondary N) is 1. The summed E-state index contributed by atoms with van der Waals surface area (Å²) in [7, 11) is 0. The molecule has 1 heterocycles. The minimum atomic E-state index is 0.404. The summed E-state index contributed by atoms with van der Waals surface area (Å²) >= 11 is 7.21. The molecule has 0 bridgehead atoms. The zero-order valence-electron chi connectivity index (χ0n) is 12.0. The Kier molecular flexibility index (Phi) is 7.02. The van der Waals surface area contributed by atoms with Gasteiger partial charge in [-0.1, -0.05) is 44.8 Å². The summed E-state index contributed by atoms with van der Waals surface area (Å²) in [4.78, 5) is 0. The van der Waals surface area contributed by atoms with Gasteiger partial charge < -0.3 is 10.1 Å². The zero-order valence-corrected chi connectivity index (χ0v) is 15.2. The van der Waals surface area contributed by atoms with E-state index in [-0.39, 0.29) is 0 Å². The van der Waals surface area contributed by atoms with Crippen molar-refractivity contribution in [2.75, 3.05) is 13.2 Å². The maximum Gasteiger partial charge on any atom is 0.0576 e. The van der Waals surface area contributed by atoms with E-state index in [0.29, 0.717) is 12.1 Å². The molecule has 2 rings (SSSR count). The number of ether oxygens (including phenoxy) is 1. The number of rotatable bonds is 7. The fourth-order valence-corrected chi connectivity index (χ4v) is 4.02. The molecular weight excluding hydrogens is 382 g/mol. The highest BCUT2D eigenvalue weighted by Crippen LogP contribution is 2.31. The Morgan fingerprint density at radius 2 is 2.25 bits per heavy atom. The highest BCUT2D eigenvalue weighted by atomic mass is 79.9. The lowest BCUT2D eigenvalue weighted by atomic mass is 9.99. The molecule has 1 N–H and O–H groups in total. The van der Waals surface area contributed by atoms with Gasteiger partial charge in [0.05, 0.1) is 6.10 Å². The van der Waals surface area contributed by atoms with Crippen LogP contribution in [0, 0.1) is 0 Å². The first-order chi connectivity index (χ1) is 9.70. The molecule has 1 aliphatic rings. The average Bonchev–Trinajstić information content (AvgIpc) is 2.93. The van der Waals surface area contributed by atoms with Crippen LogP contribution in [-0.2, 0) is 4.74 Å². The summed E-state index contributed by atoms with van der Waals surface area (Å²) in [6.45, 7) is 4.21. The van der Waals surface area contributed by atoms with Gasteiger partial charge in [0.1, 0.15) is 0 Å². The minimum absolute atomic E-state index is 0.404. The third-order valence-corrected chi connectivity index (χ3v) is 4.96. The van der Waals surface area contributed by atoms with Gasteiger partial charge in [0.25, 0.3) is 0 Å². The standard InChI is InChI=1S/C16H23Br2NO/c1-2-9-19-16(8-6-13-4-3-10-20-13)14-7-5-12(17)11-15(14)18/h5,7,11,13,16,19H,2-4,6,8-10H2,1H3. The van der Waals surface area contributed by atoms with Crippen molar-refractivity contribution in [3.8, 4) is 0 Å². The molecule has 0 aliphatic carbocycles. The second kappa shape index (κ2) is 8.52. The van der Waals surface area contributed by atoms with Crippen molar-refractivity contribution in [2.45, 2.75) is 51.2 Å². The maximum atomic E-state index is 5.75. The Morgan fingerprint density at radius 1 is 1.40 bits per heavy atom. The fraction of sp³-hybridized carbons (Fsp3) is 0.625. The van der Waals surface area contributed by atoms with Crippen LogP contribution in [0.2, 0.25) is 0 Å². The predicted octanol–water partition coefficient (Wildman–Crippen LogP) is 5.21. The molecule has 1 fully saturated rings. The third-order valence-electron chi connectivity index (χ3n) is 3.78. The van der Waals surface area contributed by atoms with Crippen molar-refractivity contribution in [2.24, 2.45) is 0 Å². The highest BCUT2D eigenvalue weighted by Gasteiger charge is 2.19. The first-order valence-electron chi connectivity index (χ1n) is 7.50. The lowest BCUT2D eigenvalue weighted by molar-refractivity contribution is 0.0995. The quantitative estimate of drug-likeness (QED) is 0.673. The van der Waals surface area contributed by atoms with Crippen molar-refractivity contribution < 1.29 is 4.74 Å². The third kappa shape index (κ3) is 4.83. The molecule has 1 aromatic rings. The van der Waals surface area contributed by atoms with E-state index >= 15 is 0 Å². The van der Waals surface area contributed by atoms with Crippen LogP contribution >= 0.6 is 31.9 Å². The Hall–Kier alpha value is 0.1000. The van der Waals surface area contributed by atoms with Crippen LogP contribution in [0.4, 0.5) is 0 Å². The first kappa shape index (κ1) is 16.5. The molecule has 20 heavy (non-hydrogen) atoms. The van der Waals surface area contributed by atoms with Crippen molar-refractivity contribution in [3.63, 3.8) is 0 Å². The van der Waals surface area contributed by atoms with E-state index in [4.69, 9.17) is 4.74 Å². The van der Waals surface area contributed by atoms with Gasteiger partial charge >= 0.3 is 0 Å². The summed E-state index contributed by atoms with van der Waals surface area (Å²) < 4.78 is 8.03. The van der Waals surface area contributed by atoms with Crippen LogP contribution in [0.1, 0.15) is 50.6 Å². The topological polar surface area (TPSA) is 21.3 Å². The van der Waals surface area contributed by atoms with Gasteiger partial charge in [-0.2, -0.15) is 0 Å². The smallest absolute Gasteiger partial charge is 0.0576 e. The van der Waals surface area contributed by atoms with Gasteiger partial charge in [0, 0.05) is 21.6 Å². The molecule has 0 aromatic heterocycles. The van der Waals surface area contributed by atoms with E-state index in [0.717, 1.165) is 36.9 Å². The Balaban J connectivity index is 2.01.